The number of hydrogen-bond donors (Lipinski definition) is 1. The quantitative estimate of drug-likeness (QED) is 0.693. The van der Waals surface area contributed by atoms with Gasteiger partial charge < -0.3 is 10.6 Å². The number of halogens is 1. The minimum Gasteiger partial charge on any atom is -0.334 e. The van der Waals surface area contributed by atoms with E-state index in [9.17, 15) is 9.18 Å². The van der Waals surface area contributed by atoms with E-state index in [2.05, 4.69) is 0 Å². The van der Waals surface area contributed by atoms with Crippen molar-refractivity contribution < 1.29 is 9.18 Å². The second-order valence-corrected chi connectivity index (χ2v) is 3.21. The third-order valence-corrected chi connectivity index (χ3v) is 2.18. The van der Waals surface area contributed by atoms with E-state index in [4.69, 9.17) is 5.73 Å². The highest BCUT2D eigenvalue weighted by Crippen LogP contribution is 2.11. The minimum absolute atomic E-state index is 0.0898. The van der Waals surface area contributed by atoms with Crippen LogP contribution in [0, 0.1) is 0 Å². The molecule has 0 unspecified atom stereocenters. The fraction of sp³-hybridized carbons (Fsp3) is 0.667. The lowest BCUT2D eigenvalue weighted by atomic mass is 10.1. The molecule has 1 amide bonds. The summed E-state index contributed by atoms with van der Waals surface area (Å²) in [7, 11) is 0. The third-order valence-electron chi connectivity index (χ3n) is 2.18. The van der Waals surface area contributed by atoms with Gasteiger partial charge in [-0.05, 0) is 18.9 Å². The Morgan fingerprint density at radius 1 is 1.85 bits per heavy atom. The second kappa shape index (κ2) is 4.37. The molecular formula is C9H15FN2O. The predicted octanol–water partition coefficient (Wildman–Crippen LogP) is 0.809. The van der Waals surface area contributed by atoms with Gasteiger partial charge in [-0.1, -0.05) is 6.92 Å². The molecule has 0 aromatic rings. The zero-order valence-corrected chi connectivity index (χ0v) is 7.79. The van der Waals surface area contributed by atoms with Crippen LogP contribution >= 0.6 is 0 Å². The average molecular weight is 186 g/mol. The van der Waals surface area contributed by atoms with Crippen molar-refractivity contribution in [2.45, 2.75) is 25.8 Å². The van der Waals surface area contributed by atoms with Crippen molar-refractivity contribution >= 4 is 5.91 Å². The van der Waals surface area contributed by atoms with E-state index in [-0.39, 0.29) is 18.3 Å². The molecule has 13 heavy (non-hydrogen) atoms. The highest BCUT2D eigenvalue weighted by atomic mass is 19.1. The standard InChI is InChI=1S/C9H15FN2O/c1-2-8(11)9(13)12-5-3-4-7(10)6-12/h4,8H,2-3,5-6,11H2,1H3/t8-/m1/s1. The summed E-state index contributed by atoms with van der Waals surface area (Å²) in [6.07, 6.45) is 2.70. The normalized spacial score (nSPS) is 19.6. The summed E-state index contributed by atoms with van der Waals surface area (Å²) in [5.41, 5.74) is 5.56. The number of hydrogen-bond acceptors (Lipinski definition) is 2. The highest BCUT2D eigenvalue weighted by Gasteiger charge is 2.22. The van der Waals surface area contributed by atoms with E-state index in [0.717, 1.165) is 0 Å². The maximum absolute atomic E-state index is 12.8. The fourth-order valence-electron chi connectivity index (χ4n) is 1.30. The van der Waals surface area contributed by atoms with Gasteiger partial charge in [0.1, 0.15) is 5.83 Å². The van der Waals surface area contributed by atoms with Gasteiger partial charge in [-0.2, -0.15) is 0 Å². The summed E-state index contributed by atoms with van der Waals surface area (Å²) in [5.74, 6) is -0.381. The lowest BCUT2D eigenvalue weighted by molar-refractivity contribution is -0.132. The van der Waals surface area contributed by atoms with Crippen molar-refractivity contribution in [2.24, 2.45) is 5.73 Å². The van der Waals surface area contributed by atoms with Gasteiger partial charge in [0.15, 0.2) is 0 Å². The topological polar surface area (TPSA) is 46.3 Å². The van der Waals surface area contributed by atoms with Crippen molar-refractivity contribution in [1.29, 1.82) is 0 Å². The van der Waals surface area contributed by atoms with Gasteiger partial charge in [-0.15, -0.1) is 0 Å². The first-order chi connectivity index (χ1) is 6.15. The lowest BCUT2D eigenvalue weighted by Gasteiger charge is -2.26. The SMILES string of the molecule is CC[C@@H](N)C(=O)N1CCC=C(F)C1. The van der Waals surface area contributed by atoms with Crippen molar-refractivity contribution in [3.05, 3.63) is 11.9 Å². The van der Waals surface area contributed by atoms with E-state index in [1.807, 2.05) is 6.92 Å². The zero-order valence-electron chi connectivity index (χ0n) is 7.79. The molecule has 0 aliphatic carbocycles. The maximum atomic E-state index is 12.8. The van der Waals surface area contributed by atoms with Crippen LogP contribution in [0.25, 0.3) is 0 Å². The van der Waals surface area contributed by atoms with Gasteiger partial charge in [0, 0.05) is 6.54 Å². The van der Waals surface area contributed by atoms with Crippen molar-refractivity contribution in [3.8, 4) is 0 Å². The van der Waals surface area contributed by atoms with Gasteiger partial charge in [-0.3, -0.25) is 4.79 Å². The molecule has 0 saturated heterocycles. The van der Waals surface area contributed by atoms with Crippen LogP contribution in [0.1, 0.15) is 19.8 Å². The summed E-state index contributed by atoms with van der Waals surface area (Å²) in [6, 6.07) is -0.481. The first kappa shape index (κ1) is 10.2. The molecular weight excluding hydrogens is 171 g/mol. The number of nitrogens with two attached hydrogens (primary N) is 1. The molecule has 3 nitrogen and oxygen atoms in total. The minimum atomic E-state index is -0.481. The van der Waals surface area contributed by atoms with Crippen molar-refractivity contribution in [2.75, 3.05) is 13.1 Å². The van der Waals surface area contributed by atoms with Crippen LogP contribution in [0.3, 0.4) is 0 Å². The van der Waals surface area contributed by atoms with E-state index in [0.29, 0.717) is 19.4 Å². The van der Waals surface area contributed by atoms with Gasteiger partial charge in [-0.25, -0.2) is 4.39 Å². The third kappa shape index (κ3) is 2.52. The first-order valence-corrected chi connectivity index (χ1v) is 4.54. The van der Waals surface area contributed by atoms with Crippen LogP contribution in [0.2, 0.25) is 0 Å². The van der Waals surface area contributed by atoms with Gasteiger partial charge >= 0.3 is 0 Å². The monoisotopic (exact) mass is 186 g/mol. The molecule has 1 atom stereocenters. The Bertz CT molecular complexity index is 228. The number of rotatable bonds is 2. The Morgan fingerprint density at radius 3 is 3.08 bits per heavy atom. The Morgan fingerprint density at radius 2 is 2.54 bits per heavy atom. The Hall–Kier alpha value is -0.900. The zero-order chi connectivity index (χ0) is 9.84. The summed E-state index contributed by atoms with van der Waals surface area (Å²) in [5, 5.41) is 0. The van der Waals surface area contributed by atoms with Crippen LogP contribution in [0.5, 0.6) is 0 Å². The summed E-state index contributed by atoms with van der Waals surface area (Å²) in [6.45, 7) is 2.52. The average Bonchev–Trinajstić information content (AvgIpc) is 2.15. The fourth-order valence-corrected chi connectivity index (χ4v) is 1.30. The number of carbonyl (C=O) groups is 1. The van der Waals surface area contributed by atoms with Crippen LogP contribution < -0.4 is 5.73 Å². The molecule has 1 aliphatic rings. The molecule has 0 radical (unpaired) electrons. The Kier molecular flexibility index (Phi) is 3.42. The van der Waals surface area contributed by atoms with Crippen LogP contribution in [0.15, 0.2) is 11.9 Å². The van der Waals surface area contributed by atoms with Gasteiger partial charge in [0.2, 0.25) is 5.91 Å². The van der Waals surface area contributed by atoms with Gasteiger partial charge in [0.05, 0.1) is 12.6 Å². The molecule has 0 aromatic carbocycles. The molecule has 2 N–H and O–H groups in total. The van der Waals surface area contributed by atoms with Crippen molar-refractivity contribution in [1.82, 2.24) is 4.90 Å². The number of carbonyl (C=O) groups excluding carboxylic acids is 1. The Labute approximate surface area is 77.4 Å². The molecule has 1 rings (SSSR count). The molecule has 0 bridgehead atoms. The second-order valence-electron chi connectivity index (χ2n) is 3.21. The molecule has 0 fully saturated rings. The van der Waals surface area contributed by atoms with Crippen LogP contribution in [-0.4, -0.2) is 29.9 Å². The van der Waals surface area contributed by atoms with E-state index < -0.39 is 6.04 Å². The molecule has 1 aliphatic heterocycles. The lowest BCUT2D eigenvalue weighted by Crippen LogP contribution is -2.45. The van der Waals surface area contributed by atoms with E-state index >= 15 is 0 Å². The Balaban J connectivity index is 2.53. The first-order valence-electron chi connectivity index (χ1n) is 4.54. The molecule has 74 valence electrons. The van der Waals surface area contributed by atoms with Gasteiger partial charge in [0.25, 0.3) is 0 Å². The number of amides is 1. The summed E-state index contributed by atoms with van der Waals surface area (Å²) >= 11 is 0. The maximum Gasteiger partial charge on any atom is 0.239 e. The van der Waals surface area contributed by atoms with E-state index in [1.165, 1.54) is 11.0 Å². The van der Waals surface area contributed by atoms with Crippen LogP contribution in [0.4, 0.5) is 4.39 Å². The van der Waals surface area contributed by atoms with Crippen molar-refractivity contribution in [3.63, 3.8) is 0 Å². The molecule has 0 aromatic heterocycles. The van der Waals surface area contributed by atoms with Crippen LogP contribution in [-0.2, 0) is 4.79 Å². The number of nitrogens with zero attached hydrogens (tertiary/aromatic N) is 1. The largest absolute Gasteiger partial charge is 0.334 e. The summed E-state index contributed by atoms with van der Waals surface area (Å²) < 4.78 is 12.8. The molecule has 4 heteroatoms. The van der Waals surface area contributed by atoms with E-state index in [1.54, 1.807) is 0 Å². The highest BCUT2D eigenvalue weighted by molar-refractivity contribution is 5.81. The molecule has 0 spiro atoms. The molecule has 1 heterocycles. The smallest absolute Gasteiger partial charge is 0.239 e. The summed E-state index contributed by atoms with van der Waals surface area (Å²) in [4.78, 5) is 13.0. The molecule has 0 saturated carbocycles. The predicted molar refractivity (Wildman–Crippen MR) is 48.7 cm³/mol.